The first kappa shape index (κ1) is 18.0. The van der Waals surface area contributed by atoms with Crippen molar-refractivity contribution in [3.05, 3.63) is 59.7 Å². The maximum atomic E-state index is 4.42. The molecule has 27 heavy (non-hydrogen) atoms. The molecule has 1 aromatic carbocycles. The molecule has 0 saturated carbocycles. The van der Waals surface area contributed by atoms with E-state index in [1.54, 1.807) is 12.4 Å². The highest BCUT2D eigenvalue weighted by atomic mass is 15.3. The summed E-state index contributed by atoms with van der Waals surface area (Å²) >= 11 is 0. The van der Waals surface area contributed by atoms with Gasteiger partial charge in [0.1, 0.15) is 0 Å². The fourth-order valence-electron chi connectivity index (χ4n) is 3.90. The molecule has 0 spiro atoms. The van der Waals surface area contributed by atoms with Crippen LogP contribution in [0, 0.1) is 5.92 Å². The highest BCUT2D eigenvalue weighted by molar-refractivity contribution is 5.74. The lowest BCUT2D eigenvalue weighted by Gasteiger charge is -2.39. The van der Waals surface area contributed by atoms with Crippen LogP contribution in [0.15, 0.2) is 54.1 Å². The van der Waals surface area contributed by atoms with Gasteiger partial charge in [-0.05, 0) is 36.6 Å². The van der Waals surface area contributed by atoms with Gasteiger partial charge in [0.25, 0.3) is 0 Å². The van der Waals surface area contributed by atoms with Crippen LogP contribution in [-0.2, 0) is 6.54 Å². The molecule has 4 rings (SSSR count). The normalized spacial score (nSPS) is 21.1. The number of nitrogens with zero attached hydrogens (tertiary/aromatic N) is 4. The number of benzene rings is 1. The van der Waals surface area contributed by atoms with Crippen molar-refractivity contribution in [2.24, 2.45) is 5.92 Å². The minimum Gasteiger partial charge on any atom is -0.380 e. The zero-order valence-electron chi connectivity index (χ0n) is 16.4. The molecule has 1 atom stereocenters. The van der Waals surface area contributed by atoms with Gasteiger partial charge in [-0.3, -0.25) is 9.97 Å². The van der Waals surface area contributed by atoms with Gasteiger partial charge in [0, 0.05) is 46.5 Å². The van der Waals surface area contributed by atoms with Gasteiger partial charge in [0.2, 0.25) is 0 Å². The average Bonchev–Trinajstić information content (AvgIpc) is 2.72. The number of hydrogen-bond donors (Lipinski definition) is 1. The van der Waals surface area contributed by atoms with Gasteiger partial charge >= 0.3 is 0 Å². The smallest absolute Gasteiger partial charge is 0.0890 e. The molecule has 1 unspecified atom stereocenters. The lowest BCUT2D eigenvalue weighted by atomic mass is 9.97. The molecule has 1 aliphatic carbocycles. The first-order chi connectivity index (χ1) is 13.2. The Morgan fingerprint density at radius 2 is 1.89 bits per heavy atom. The van der Waals surface area contributed by atoms with Gasteiger partial charge in [-0.2, -0.15) is 0 Å². The summed E-state index contributed by atoms with van der Waals surface area (Å²) in [6.45, 7) is 11.0. The third-order valence-electron chi connectivity index (χ3n) is 5.59. The molecule has 2 heterocycles. The van der Waals surface area contributed by atoms with Crippen LogP contribution in [0.2, 0.25) is 0 Å². The van der Waals surface area contributed by atoms with Gasteiger partial charge in [0.15, 0.2) is 0 Å². The number of aromatic nitrogens is 2. The summed E-state index contributed by atoms with van der Waals surface area (Å²) in [6, 6.07) is 6.32. The summed E-state index contributed by atoms with van der Waals surface area (Å²) in [5.41, 5.74) is 5.79. The minimum atomic E-state index is 0. The molecule has 2 aliphatic rings. The summed E-state index contributed by atoms with van der Waals surface area (Å²) in [5.74, 6) is 0.602. The second-order valence-corrected chi connectivity index (χ2v) is 7.54. The maximum absolute atomic E-state index is 4.42. The zero-order chi connectivity index (χ0) is 18.6. The minimum absolute atomic E-state index is 0. The van der Waals surface area contributed by atoms with E-state index in [4.69, 9.17) is 0 Å². The zero-order valence-corrected chi connectivity index (χ0v) is 16.4. The van der Waals surface area contributed by atoms with Crippen LogP contribution in [0.4, 0.5) is 0 Å². The molecule has 0 bridgehead atoms. The SMILES string of the molecule is CCN1CCN(C2=CC(C)CC=C2NCc2ccc3nccnc3c2)CC1.[HH]. The summed E-state index contributed by atoms with van der Waals surface area (Å²) in [7, 11) is 0. The summed E-state index contributed by atoms with van der Waals surface area (Å²) < 4.78 is 0. The Kier molecular flexibility index (Phi) is 5.39. The van der Waals surface area contributed by atoms with E-state index in [-0.39, 0.29) is 1.43 Å². The molecule has 1 fully saturated rings. The quantitative estimate of drug-likeness (QED) is 0.880. The van der Waals surface area contributed by atoms with Crippen LogP contribution in [0.5, 0.6) is 0 Å². The Balaban J connectivity index is 0.00000225. The molecule has 1 saturated heterocycles. The Hall–Kier alpha value is -2.40. The van der Waals surface area contributed by atoms with Crippen molar-refractivity contribution in [3.8, 4) is 0 Å². The van der Waals surface area contributed by atoms with Crippen molar-refractivity contribution in [1.82, 2.24) is 25.1 Å². The molecule has 0 amide bonds. The Morgan fingerprint density at radius 1 is 1.11 bits per heavy atom. The second-order valence-electron chi connectivity index (χ2n) is 7.54. The fraction of sp³-hybridized carbons (Fsp3) is 0.455. The van der Waals surface area contributed by atoms with E-state index in [0.717, 1.165) is 56.7 Å². The van der Waals surface area contributed by atoms with Crippen LogP contribution in [0.3, 0.4) is 0 Å². The number of likely N-dealkylation sites (N-methyl/N-ethyl adjacent to an activating group) is 1. The highest BCUT2D eigenvalue weighted by Crippen LogP contribution is 2.25. The molecule has 0 radical (unpaired) electrons. The van der Waals surface area contributed by atoms with Gasteiger partial charge in [-0.1, -0.05) is 32.1 Å². The summed E-state index contributed by atoms with van der Waals surface area (Å²) in [5, 5.41) is 3.69. The van der Waals surface area contributed by atoms with E-state index >= 15 is 0 Å². The number of hydrogen-bond acceptors (Lipinski definition) is 5. The van der Waals surface area contributed by atoms with Crippen molar-refractivity contribution in [3.63, 3.8) is 0 Å². The molecule has 1 aliphatic heterocycles. The van der Waals surface area contributed by atoms with E-state index in [1.807, 2.05) is 0 Å². The summed E-state index contributed by atoms with van der Waals surface area (Å²) in [4.78, 5) is 13.8. The Morgan fingerprint density at radius 3 is 2.67 bits per heavy atom. The van der Waals surface area contributed by atoms with E-state index in [0.29, 0.717) is 5.92 Å². The number of allylic oxidation sites excluding steroid dienone is 2. The second kappa shape index (κ2) is 8.09. The molecular formula is C22H31N5. The largest absolute Gasteiger partial charge is 0.380 e. The molecule has 5 heteroatoms. The van der Waals surface area contributed by atoms with Crippen LogP contribution in [0.25, 0.3) is 11.0 Å². The van der Waals surface area contributed by atoms with Crippen molar-refractivity contribution >= 4 is 11.0 Å². The van der Waals surface area contributed by atoms with Crippen molar-refractivity contribution in [2.45, 2.75) is 26.8 Å². The highest BCUT2D eigenvalue weighted by Gasteiger charge is 2.22. The van der Waals surface area contributed by atoms with Gasteiger partial charge < -0.3 is 15.1 Å². The van der Waals surface area contributed by atoms with Crippen LogP contribution < -0.4 is 5.32 Å². The first-order valence-corrected chi connectivity index (χ1v) is 10.1. The standard InChI is InChI=1S/C22H29N5.H2/c1-3-26-10-12-27(13-11-26)22-14-17(2)4-6-20(22)25-16-18-5-7-19-21(15-18)24-9-8-23-19;/h5-9,14-15,17,25H,3-4,10-13,16H2,1-2H3;1H. The fourth-order valence-corrected chi connectivity index (χ4v) is 3.90. The first-order valence-electron chi connectivity index (χ1n) is 10.1. The molecular weight excluding hydrogens is 334 g/mol. The molecule has 1 aromatic heterocycles. The van der Waals surface area contributed by atoms with Gasteiger partial charge in [0.05, 0.1) is 22.4 Å². The Bertz CT molecular complexity index is 855. The van der Waals surface area contributed by atoms with Gasteiger partial charge in [-0.15, -0.1) is 0 Å². The maximum Gasteiger partial charge on any atom is 0.0890 e. The lowest BCUT2D eigenvalue weighted by molar-refractivity contribution is 0.165. The van der Waals surface area contributed by atoms with Crippen molar-refractivity contribution in [1.29, 1.82) is 0 Å². The monoisotopic (exact) mass is 365 g/mol. The van der Waals surface area contributed by atoms with E-state index < -0.39 is 0 Å². The van der Waals surface area contributed by atoms with E-state index in [1.165, 1.54) is 17.0 Å². The topological polar surface area (TPSA) is 44.3 Å². The third kappa shape index (κ3) is 4.14. The average molecular weight is 366 g/mol. The van der Waals surface area contributed by atoms with E-state index in [9.17, 15) is 0 Å². The predicted octanol–water partition coefficient (Wildman–Crippen LogP) is 3.41. The number of nitrogens with one attached hydrogen (secondary N) is 1. The molecule has 2 aromatic rings. The number of rotatable bonds is 5. The van der Waals surface area contributed by atoms with Crippen LogP contribution in [-0.4, -0.2) is 52.5 Å². The van der Waals surface area contributed by atoms with E-state index in [2.05, 4.69) is 69.3 Å². The molecule has 5 nitrogen and oxygen atoms in total. The van der Waals surface area contributed by atoms with Crippen molar-refractivity contribution < 1.29 is 1.43 Å². The Labute approximate surface area is 163 Å². The molecule has 144 valence electrons. The summed E-state index contributed by atoms with van der Waals surface area (Å²) in [6.07, 6.45) is 9.40. The molecule has 1 N–H and O–H groups in total. The predicted molar refractivity (Wildman–Crippen MR) is 112 cm³/mol. The lowest BCUT2D eigenvalue weighted by Crippen LogP contribution is -2.46. The van der Waals surface area contributed by atoms with Crippen molar-refractivity contribution in [2.75, 3.05) is 32.7 Å². The van der Waals surface area contributed by atoms with Gasteiger partial charge in [-0.25, -0.2) is 0 Å². The van der Waals surface area contributed by atoms with Crippen LogP contribution in [0.1, 0.15) is 27.3 Å². The number of fused-ring (bicyclic) bond motifs is 1. The number of piperazine rings is 1. The third-order valence-corrected chi connectivity index (χ3v) is 5.59. The van der Waals surface area contributed by atoms with Crippen LogP contribution >= 0.6 is 0 Å².